The predicted molar refractivity (Wildman–Crippen MR) is 59.2 cm³/mol. The predicted octanol–water partition coefficient (Wildman–Crippen LogP) is 2.54. The fourth-order valence-corrected chi connectivity index (χ4v) is 1.82. The van der Waals surface area contributed by atoms with Crippen LogP contribution in [0.4, 0.5) is 0 Å². The third-order valence-electron chi connectivity index (χ3n) is 2.18. The van der Waals surface area contributed by atoms with Gasteiger partial charge in [0.1, 0.15) is 35.2 Å². The quantitative estimate of drug-likeness (QED) is 0.484. The Morgan fingerprint density at radius 2 is 2.50 bits per heavy atom. The van der Waals surface area contributed by atoms with Gasteiger partial charge >= 0.3 is 0 Å². The molecule has 0 radical (unpaired) electrons. The van der Waals surface area contributed by atoms with Gasteiger partial charge in [-0.2, -0.15) is 4.40 Å². The van der Waals surface area contributed by atoms with Crippen molar-refractivity contribution in [3.63, 3.8) is 0 Å². The second kappa shape index (κ2) is 5.41. The number of aliphatic hydroxyl groups is 1. The maximum atomic E-state index is 9.51. The zero-order valence-corrected chi connectivity index (χ0v) is 9.84. The Morgan fingerprint density at radius 3 is 3.08 bits per heavy atom. The van der Waals surface area contributed by atoms with Crippen LogP contribution in [0, 0.1) is 5.92 Å². The van der Waals surface area contributed by atoms with E-state index in [9.17, 15) is 5.11 Å². The summed E-state index contributed by atoms with van der Waals surface area (Å²) in [5.74, 6) is 0.412. The second-order valence-corrected chi connectivity index (χ2v) is 4.62. The van der Waals surface area contributed by atoms with Crippen molar-refractivity contribution in [1.29, 1.82) is 0 Å². The largest absolute Gasteiger partial charge is 0.392 e. The Hall–Kier alpha value is 0.670. The van der Waals surface area contributed by atoms with Crippen LogP contribution in [0.25, 0.3) is 0 Å². The van der Waals surface area contributed by atoms with Crippen molar-refractivity contribution in [1.82, 2.24) is 0 Å². The summed E-state index contributed by atoms with van der Waals surface area (Å²) in [7, 11) is 0. The minimum atomic E-state index is -0.215. The molecule has 0 aromatic heterocycles. The Labute approximate surface area is 91.0 Å². The maximum Gasteiger partial charge on any atom is 0.146 e. The highest BCUT2D eigenvalue weighted by Gasteiger charge is 2.22. The lowest BCUT2D eigenvalue weighted by atomic mass is 9.87. The van der Waals surface area contributed by atoms with Gasteiger partial charge in [-0.15, -0.1) is 0 Å². The number of hydrogen-bond acceptors (Lipinski definition) is 4. The lowest BCUT2D eigenvalue weighted by Crippen LogP contribution is -2.27. The van der Waals surface area contributed by atoms with Gasteiger partial charge in [0.25, 0.3) is 0 Å². The third-order valence-corrected chi connectivity index (χ3v) is 3.06. The van der Waals surface area contributed by atoms with Crippen molar-refractivity contribution >= 4 is 40.9 Å². The van der Waals surface area contributed by atoms with Gasteiger partial charge in [0.05, 0.1) is 6.10 Å². The highest BCUT2D eigenvalue weighted by atomic mass is 127. The van der Waals surface area contributed by atoms with Gasteiger partial charge in [0.15, 0.2) is 0 Å². The fraction of sp³-hybridized carbons (Fsp3) is 0.857. The molecular weight excluding hydrogens is 289 g/mol. The van der Waals surface area contributed by atoms with E-state index in [4.69, 9.17) is 2.51 Å². The van der Waals surface area contributed by atoms with Crippen LogP contribution in [0.3, 0.4) is 0 Å². The Kier molecular flexibility index (Phi) is 4.85. The SMILES string of the molecule is C[C@@H]1CC/C(=N\SOI)C[C@H]1O. The zero-order valence-electron chi connectivity index (χ0n) is 6.86. The van der Waals surface area contributed by atoms with Gasteiger partial charge in [0.2, 0.25) is 0 Å². The molecule has 5 heteroatoms. The topological polar surface area (TPSA) is 41.8 Å². The molecule has 3 nitrogen and oxygen atoms in total. The molecule has 2 atom stereocenters. The van der Waals surface area contributed by atoms with Crippen molar-refractivity contribution in [2.45, 2.75) is 32.3 Å². The molecule has 0 unspecified atom stereocenters. The molecule has 0 saturated heterocycles. The first-order valence-electron chi connectivity index (χ1n) is 3.92. The molecule has 0 aromatic carbocycles. The average molecular weight is 301 g/mol. The first-order chi connectivity index (χ1) is 5.74. The monoisotopic (exact) mass is 301 g/mol. The zero-order chi connectivity index (χ0) is 8.97. The molecule has 12 heavy (non-hydrogen) atoms. The van der Waals surface area contributed by atoms with Crippen LogP contribution < -0.4 is 0 Å². The highest BCUT2D eigenvalue weighted by Crippen LogP contribution is 2.24. The molecule has 70 valence electrons. The van der Waals surface area contributed by atoms with Crippen molar-refractivity contribution in [3.05, 3.63) is 0 Å². The molecule has 1 aliphatic carbocycles. The van der Waals surface area contributed by atoms with E-state index in [0.717, 1.165) is 30.8 Å². The summed E-state index contributed by atoms with van der Waals surface area (Å²) < 4.78 is 8.85. The van der Waals surface area contributed by atoms with Gasteiger partial charge in [-0.3, -0.25) is 0 Å². The van der Waals surface area contributed by atoms with Crippen LogP contribution in [0.2, 0.25) is 0 Å². The van der Waals surface area contributed by atoms with Gasteiger partial charge < -0.3 is 5.11 Å². The Balaban J connectivity index is 2.39. The summed E-state index contributed by atoms with van der Waals surface area (Å²) in [6.45, 7) is 2.07. The van der Waals surface area contributed by atoms with E-state index in [0.29, 0.717) is 12.3 Å². The molecule has 0 amide bonds. The van der Waals surface area contributed by atoms with E-state index in [1.807, 2.05) is 0 Å². The number of nitrogens with zero attached hydrogens (tertiary/aromatic N) is 1. The molecule has 1 fully saturated rings. The lowest BCUT2D eigenvalue weighted by Gasteiger charge is -2.24. The van der Waals surface area contributed by atoms with E-state index >= 15 is 0 Å². The molecule has 0 heterocycles. The van der Waals surface area contributed by atoms with Crippen LogP contribution in [0.5, 0.6) is 0 Å². The van der Waals surface area contributed by atoms with Crippen LogP contribution >= 0.6 is 35.2 Å². The van der Waals surface area contributed by atoms with Gasteiger partial charge in [0, 0.05) is 12.1 Å². The number of halogens is 1. The summed E-state index contributed by atoms with van der Waals surface area (Å²) >= 11 is 2.87. The highest BCUT2D eigenvalue weighted by molar-refractivity contribution is 14.1. The number of aliphatic hydroxyl groups excluding tert-OH is 1. The number of rotatable bonds is 2. The van der Waals surface area contributed by atoms with Crippen molar-refractivity contribution < 1.29 is 7.62 Å². The smallest absolute Gasteiger partial charge is 0.146 e. The normalized spacial score (nSPS) is 34.1. The van der Waals surface area contributed by atoms with Gasteiger partial charge in [-0.1, -0.05) is 6.92 Å². The van der Waals surface area contributed by atoms with Crippen LogP contribution in [0.1, 0.15) is 26.2 Å². The molecule has 0 aliphatic heterocycles. The second-order valence-electron chi connectivity index (χ2n) is 3.08. The summed E-state index contributed by atoms with van der Waals surface area (Å²) in [6.07, 6.45) is 2.51. The Bertz CT molecular complexity index is 177. The van der Waals surface area contributed by atoms with E-state index in [1.54, 1.807) is 23.0 Å². The minimum Gasteiger partial charge on any atom is -0.392 e. The van der Waals surface area contributed by atoms with Crippen LogP contribution in [0.15, 0.2) is 4.40 Å². The Morgan fingerprint density at radius 1 is 1.75 bits per heavy atom. The van der Waals surface area contributed by atoms with Crippen molar-refractivity contribution in [3.8, 4) is 0 Å². The molecule has 1 N–H and O–H groups in total. The maximum absolute atomic E-state index is 9.51. The molecule has 1 rings (SSSR count). The summed E-state index contributed by atoms with van der Waals surface area (Å²) in [5, 5.41) is 9.51. The van der Waals surface area contributed by atoms with Gasteiger partial charge in [-0.05, 0) is 18.8 Å². The van der Waals surface area contributed by atoms with Gasteiger partial charge in [-0.25, -0.2) is 2.51 Å². The van der Waals surface area contributed by atoms with Crippen LogP contribution in [-0.2, 0) is 2.51 Å². The molecule has 1 saturated carbocycles. The molecular formula is C7H12INO2S. The first-order valence-corrected chi connectivity index (χ1v) is 5.50. The summed E-state index contributed by atoms with van der Waals surface area (Å²) in [5.41, 5.74) is 1.06. The molecule has 0 spiro atoms. The van der Waals surface area contributed by atoms with Crippen molar-refractivity contribution in [2.75, 3.05) is 0 Å². The summed E-state index contributed by atoms with van der Waals surface area (Å²) in [4.78, 5) is 0. The lowest BCUT2D eigenvalue weighted by molar-refractivity contribution is 0.111. The fourth-order valence-electron chi connectivity index (χ4n) is 1.28. The van der Waals surface area contributed by atoms with E-state index < -0.39 is 0 Å². The van der Waals surface area contributed by atoms with Crippen LogP contribution in [-0.4, -0.2) is 16.9 Å². The minimum absolute atomic E-state index is 0.215. The third kappa shape index (κ3) is 3.20. The molecule has 0 bridgehead atoms. The molecule has 0 aromatic rings. The first kappa shape index (κ1) is 10.7. The van der Waals surface area contributed by atoms with Crippen molar-refractivity contribution in [2.24, 2.45) is 10.3 Å². The summed E-state index contributed by atoms with van der Waals surface area (Å²) in [6, 6.07) is 0. The molecule has 1 aliphatic rings. The van der Waals surface area contributed by atoms with E-state index in [2.05, 4.69) is 11.3 Å². The average Bonchev–Trinajstić information content (AvgIpc) is 2.07. The van der Waals surface area contributed by atoms with E-state index in [-0.39, 0.29) is 6.10 Å². The standard InChI is InChI=1S/C7H12INO2S/c1-5-2-3-6(4-7(5)10)9-12-11-8/h5,7,10H,2-4H2,1H3/b9-6+/t5-,7-/m1/s1. The number of hydrogen-bond donors (Lipinski definition) is 1. The van der Waals surface area contributed by atoms with E-state index in [1.165, 1.54) is 0 Å².